The summed E-state index contributed by atoms with van der Waals surface area (Å²) in [5.74, 6) is -0.144. The molecule has 0 N–H and O–H groups in total. The first-order valence-electron chi connectivity index (χ1n) is 5.43. The van der Waals surface area contributed by atoms with Crippen LogP contribution in [0.3, 0.4) is 0 Å². The number of Topliss-reactive ketones (excluding diaryl/α,β-unsaturated/α-hetero) is 1. The van der Waals surface area contributed by atoms with Crippen LogP contribution in [-0.2, 0) is 4.79 Å². The van der Waals surface area contributed by atoms with Gasteiger partial charge in [0.25, 0.3) is 0 Å². The van der Waals surface area contributed by atoms with Crippen LogP contribution in [0.4, 0.5) is 0 Å². The standard InChI is InChI=1S/C13H12N2OS2/c1-9-12(8-11-6-4-3-5-7-11)18-15(14-9)13(17)10(2)16/h3-8H,1-2H3. The fraction of sp³-hybridized carbons (Fsp3) is 0.154. The highest BCUT2D eigenvalue weighted by Crippen LogP contribution is 2.32. The maximum absolute atomic E-state index is 11.2. The lowest BCUT2D eigenvalue weighted by molar-refractivity contribution is -0.111. The summed E-state index contributed by atoms with van der Waals surface area (Å²) in [6.45, 7) is 3.36. The van der Waals surface area contributed by atoms with Gasteiger partial charge in [0.1, 0.15) is 0 Å². The molecule has 1 aliphatic rings. The molecule has 0 spiro atoms. The topological polar surface area (TPSA) is 32.7 Å². The quantitative estimate of drug-likeness (QED) is 0.613. The van der Waals surface area contributed by atoms with E-state index in [1.54, 1.807) is 0 Å². The molecule has 1 aromatic carbocycles. The summed E-state index contributed by atoms with van der Waals surface area (Å²) < 4.78 is 1.50. The molecular formula is C13H12N2OS2. The van der Waals surface area contributed by atoms with Crippen molar-refractivity contribution in [2.45, 2.75) is 13.8 Å². The molecule has 0 atom stereocenters. The Hall–Kier alpha value is -1.46. The third-order valence-corrected chi connectivity index (χ3v) is 3.98. The minimum Gasteiger partial charge on any atom is -0.292 e. The number of carbonyl (C=O) groups excluding carboxylic acids is 1. The zero-order valence-electron chi connectivity index (χ0n) is 10.1. The maximum Gasteiger partial charge on any atom is 0.189 e. The Bertz CT molecular complexity index is 549. The lowest BCUT2D eigenvalue weighted by atomic mass is 10.2. The van der Waals surface area contributed by atoms with Crippen LogP contribution >= 0.6 is 24.2 Å². The molecule has 0 bridgehead atoms. The fourth-order valence-electron chi connectivity index (χ4n) is 1.42. The average Bonchev–Trinajstić information content (AvgIpc) is 2.71. The Labute approximate surface area is 116 Å². The summed E-state index contributed by atoms with van der Waals surface area (Å²) in [7, 11) is 0. The number of nitrogens with zero attached hydrogens (tertiary/aromatic N) is 2. The summed E-state index contributed by atoms with van der Waals surface area (Å²) in [4.78, 5) is 12.5. The van der Waals surface area contributed by atoms with Gasteiger partial charge in [-0.1, -0.05) is 42.5 Å². The van der Waals surface area contributed by atoms with E-state index >= 15 is 0 Å². The van der Waals surface area contributed by atoms with Crippen LogP contribution in [0.25, 0.3) is 6.08 Å². The number of benzene rings is 1. The van der Waals surface area contributed by atoms with Gasteiger partial charge in [-0.25, -0.2) is 0 Å². The Morgan fingerprint density at radius 3 is 2.67 bits per heavy atom. The van der Waals surface area contributed by atoms with Crippen molar-refractivity contribution in [3.05, 3.63) is 40.8 Å². The maximum atomic E-state index is 11.2. The predicted octanol–water partition coefficient (Wildman–Crippen LogP) is 3.28. The second kappa shape index (κ2) is 5.46. The van der Waals surface area contributed by atoms with Crippen molar-refractivity contribution in [2.75, 3.05) is 0 Å². The van der Waals surface area contributed by atoms with E-state index in [1.165, 1.54) is 23.3 Å². The highest BCUT2D eigenvalue weighted by molar-refractivity contribution is 8.03. The molecule has 0 saturated heterocycles. The van der Waals surface area contributed by atoms with Crippen LogP contribution in [-0.4, -0.2) is 20.9 Å². The van der Waals surface area contributed by atoms with Crippen LogP contribution in [0.1, 0.15) is 19.4 Å². The van der Waals surface area contributed by atoms with Crippen LogP contribution in [0.5, 0.6) is 0 Å². The first-order valence-corrected chi connectivity index (χ1v) is 6.61. The van der Waals surface area contributed by atoms with Gasteiger partial charge in [0, 0.05) is 18.9 Å². The number of ketones is 1. The van der Waals surface area contributed by atoms with Crippen molar-refractivity contribution in [1.29, 1.82) is 0 Å². The van der Waals surface area contributed by atoms with Gasteiger partial charge in [0.05, 0.1) is 10.6 Å². The van der Waals surface area contributed by atoms with Crippen molar-refractivity contribution in [3.8, 4) is 0 Å². The van der Waals surface area contributed by atoms with E-state index < -0.39 is 0 Å². The molecule has 1 aromatic rings. The summed E-state index contributed by atoms with van der Waals surface area (Å²) in [6, 6.07) is 9.98. The molecule has 0 aromatic heterocycles. The normalized spacial score (nSPS) is 16.9. The van der Waals surface area contributed by atoms with E-state index in [2.05, 4.69) is 5.10 Å². The molecule has 1 aliphatic heterocycles. The van der Waals surface area contributed by atoms with E-state index in [0.29, 0.717) is 0 Å². The van der Waals surface area contributed by atoms with E-state index in [0.717, 1.165) is 16.2 Å². The molecule has 0 unspecified atom stereocenters. The van der Waals surface area contributed by atoms with Gasteiger partial charge < -0.3 is 0 Å². The Kier molecular flexibility index (Phi) is 3.93. The molecule has 1 heterocycles. The second-order valence-corrected chi connectivity index (χ2v) is 5.19. The summed E-state index contributed by atoms with van der Waals surface area (Å²) >= 11 is 6.41. The number of thiocarbonyl (C=S) groups is 1. The number of hydrogen-bond donors (Lipinski definition) is 0. The number of rotatable bonds is 2. The summed E-state index contributed by atoms with van der Waals surface area (Å²) in [6.07, 6.45) is 2.03. The smallest absolute Gasteiger partial charge is 0.189 e. The lowest BCUT2D eigenvalue weighted by Gasteiger charge is -2.09. The van der Waals surface area contributed by atoms with E-state index in [4.69, 9.17) is 12.2 Å². The van der Waals surface area contributed by atoms with E-state index in [1.807, 2.05) is 43.3 Å². The molecule has 0 amide bonds. The van der Waals surface area contributed by atoms with Gasteiger partial charge in [-0.3, -0.25) is 4.79 Å². The molecular weight excluding hydrogens is 264 g/mol. The first-order chi connectivity index (χ1) is 8.58. The first kappa shape index (κ1) is 13.0. The zero-order chi connectivity index (χ0) is 13.1. The summed E-state index contributed by atoms with van der Waals surface area (Å²) in [5.41, 5.74) is 1.97. The molecule has 0 aliphatic carbocycles. The minimum atomic E-state index is -0.144. The molecule has 18 heavy (non-hydrogen) atoms. The van der Waals surface area contributed by atoms with E-state index in [-0.39, 0.29) is 10.8 Å². The van der Waals surface area contributed by atoms with Gasteiger partial charge in [-0.05, 0) is 18.6 Å². The van der Waals surface area contributed by atoms with Crippen molar-refractivity contribution >= 4 is 46.7 Å². The molecule has 0 fully saturated rings. The predicted molar refractivity (Wildman–Crippen MR) is 80.2 cm³/mol. The third-order valence-electron chi connectivity index (χ3n) is 2.35. The largest absolute Gasteiger partial charge is 0.292 e. The van der Waals surface area contributed by atoms with Crippen LogP contribution < -0.4 is 0 Å². The highest BCUT2D eigenvalue weighted by atomic mass is 32.2. The van der Waals surface area contributed by atoms with Gasteiger partial charge in [0.15, 0.2) is 10.8 Å². The van der Waals surface area contributed by atoms with Crippen LogP contribution in [0.2, 0.25) is 0 Å². The van der Waals surface area contributed by atoms with Crippen molar-refractivity contribution < 1.29 is 4.79 Å². The number of allylic oxidation sites excluding steroid dienone is 1. The molecule has 2 rings (SSSR count). The van der Waals surface area contributed by atoms with Crippen LogP contribution in [0, 0.1) is 0 Å². The number of hydrazone groups is 1. The molecule has 0 radical (unpaired) electrons. The molecule has 92 valence electrons. The summed E-state index contributed by atoms with van der Waals surface area (Å²) in [5, 5.41) is 4.27. The minimum absolute atomic E-state index is 0.144. The number of hydrogen-bond acceptors (Lipinski definition) is 4. The van der Waals surface area contributed by atoms with Crippen molar-refractivity contribution in [3.63, 3.8) is 0 Å². The third kappa shape index (κ3) is 2.86. The Morgan fingerprint density at radius 2 is 2.06 bits per heavy atom. The zero-order valence-corrected chi connectivity index (χ0v) is 11.7. The van der Waals surface area contributed by atoms with Gasteiger partial charge >= 0.3 is 0 Å². The van der Waals surface area contributed by atoms with E-state index in [9.17, 15) is 4.79 Å². The lowest BCUT2D eigenvalue weighted by Crippen LogP contribution is -2.21. The SMILES string of the molecule is CC(=O)C(=S)N1N=C(C)C(=Cc2ccccc2)S1. The second-order valence-electron chi connectivity index (χ2n) is 3.83. The van der Waals surface area contributed by atoms with Gasteiger partial charge in [0.2, 0.25) is 0 Å². The Balaban J connectivity index is 2.20. The van der Waals surface area contributed by atoms with Crippen molar-refractivity contribution in [1.82, 2.24) is 4.41 Å². The Morgan fingerprint density at radius 1 is 1.39 bits per heavy atom. The average molecular weight is 276 g/mol. The number of carbonyl (C=O) groups is 1. The van der Waals surface area contributed by atoms with Gasteiger partial charge in [-0.2, -0.15) is 9.52 Å². The molecule has 0 saturated carbocycles. The molecule has 5 heteroatoms. The molecule has 3 nitrogen and oxygen atoms in total. The monoisotopic (exact) mass is 276 g/mol. The van der Waals surface area contributed by atoms with Crippen molar-refractivity contribution in [2.24, 2.45) is 5.10 Å². The van der Waals surface area contributed by atoms with Crippen LogP contribution in [0.15, 0.2) is 40.3 Å². The highest BCUT2D eigenvalue weighted by Gasteiger charge is 2.23. The fourth-order valence-corrected chi connectivity index (χ4v) is 2.49. The van der Waals surface area contributed by atoms with Gasteiger partial charge in [-0.15, -0.1) is 0 Å².